The van der Waals surface area contributed by atoms with Gasteiger partial charge in [0.25, 0.3) is 10.0 Å². The standard InChI is InChI=1S/C13H11F3N2O2S/c1-7-2-4-9(14)13(12(7)16)18-21(19,20)8-3-5-11(17)10(15)6-8/h2-6,18H,17H2,1H3. The molecule has 0 heterocycles. The first-order valence-electron chi connectivity index (χ1n) is 5.75. The largest absolute Gasteiger partial charge is 0.396 e. The molecule has 0 atom stereocenters. The van der Waals surface area contributed by atoms with Gasteiger partial charge < -0.3 is 5.73 Å². The van der Waals surface area contributed by atoms with Crippen molar-refractivity contribution in [3.8, 4) is 0 Å². The number of hydrogen-bond acceptors (Lipinski definition) is 3. The van der Waals surface area contributed by atoms with Gasteiger partial charge in [0.15, 0.2) is 5.82 Å². The van der Waals surface area contributed by atoms with Crippen LogP contribution in [0.3, 0.4) is 0 Å². The Morgan fingerprint density at radius 3 is 2.33 bits per heavy atom. The van der Waals surface area contributed by atoms with E-state index in [9.17, 15) is 21.6 Å². The van der Waals surface area contributed by atoms with Crippen LogP contribution >= 0.6 is 0 Å². The maximum Gasteiger partial charge on any atom is 0.262 e. The number of sulfonamides is 1. The number of nitrogen functional groups attached to an aromatic ring is 1. The zero-order chi connectivity index (χ0) is 15.8. The number of rotatable bonds is 3. The second-order valence-corrected chi connectivity index (χ2v) is 6.02. The van der Waals surface area contributed by atoms with Gasteiger partial charge in [0.05, 0.1) is 10.6 Å². The van der Waals surface area contributed by atoms with E-state index >= 15 is 0 Å². The van der Waals surface area contributed by atoms with Gasteiger partial charge >= 0.3 is 0 Å². The summed E-state index contributed by atoms with van der Waals surface area (Å²) in [4.78, 5) is -0.491. The summed E-state index contributed by atoms with van der Waals surface area (Å²) in [5.41, 5.74) is 4.26. The fourth-order valence-corrected chi connectivity index (χ4v) is 2.70. The van der Waals surface area contributed by atoms with Gasteiger partial charge in [-0.2, -0.15) is 0 Å². The SMILES string of the molecule is Cc1ccc(F)c(NS(=O)(=O)c2ccc(N)c(F)c2)c1F. The minimum atomic E-state index is -4.34. The third kappa shape index (κ3) is 2.94. The second-order valence-electron chi connectivity index (χ2n) is 4.34. The Bertz CT molecular complexity index is 807. The lowest BCUT2D eigenvalue weighted by molar-refractivity contribution is 0.578. The monoisotopic (exact) mass is 316 g/mol. The lowest BCUT2D eigenvalue weighted by Gasteiger charge is -2.11. The van der Waals surface area contributed by atoms with Gasteiger partial charge in [0.1, 0.15) is 17.3 Å². The minimum absolute atomic E-state index is 0.0672. The van der Waals surface area contributed by atoms with Crippen molar-refractivity contribution in [2.45, 2.75) is 11.8 Å². The van der Waals surface area contributed by atoms with Crippen molar-refractivity contribution in [3.63, 3.8) is 0 Å². The quantitative estimate of drug-likeness (QED) is 0.855. The van der Waals surface area contributed by atoms with Gasteiger partial charge in [0, 0.05) is 0 Å². The van der Waals surface area contributed by atoms with Crippen LogP contribution in [0, 0.1) is 24.4 Å². The predicted octanol–water partition coefficient (Wildman–Crippen LogP) is 2.80. The highest BCUT2D eigenvalue weighted by Gasteiger charge is 2.21. The number of benzene rings is 2. The van der Waals surface area contributed by atoms with Crippen LogP contribution in [-0.4, -0.2) is 8.42 Å². The molecule has 4 nitrogen and oxygen atoms in total. The zero-order valence-electron chi connectivity index (χ0n) is 10.8. The van der Waals surface area contributed by atoms with E-state index in [0.29, 0.717) is 6.07 Å². The number of hydrogen-bond donors (Lipinski definition) is 2. The molecular weight excluding hydrogens is 305 g/mol. The van der Waals surface area contributed by atoms with Gasteiger partial charge in [-0.3, -0.25) is 4.72 Å². The lowest BCUT2D eigenvalue weighted by atomic mass is 10.2. The molecule has 2 aromatic carbocycles. The predicted molar refractivity (Wildman–Crippen MR) is 72.7 cm³/mol. The molecule has 0 spiro atoms. The van der Waals surface area contributed by atoms with Crippen LogP contribution < -0.4 is 10.5 Å². The van der Waals surface area contributed by atoms with Gasteiger partial charge in [-0.1, -0.05) is 6.07 Å². The van der Waals surface area contributed by atoms with Gasteiger partial charge in [0.2, 0.25) is 0 Å². The Labute approximate surface area is 119 Å². The number of halogens is 3. The van der Waals surface area contributed by atoms with Gasteiger partial charge in [-0.15, -0.1) is 0 Å². The average molecular weight is 316 g/mol. The minimum Gasteiger partial charge on any atom is -0.396 e. The van der Waals surface area contributed by atoms with Crippen molar-refractivity contribution >= 4 is 21.4 Å². The van der Waals surface area contributed by atoms with E-state index < -0.39 is 38.1 Å². The normalized spacial score (nSPS) is 11.4. The summed E-state index contributed by atoms with van der Waals surface area (Å²) in [6.45, 7) is 1.36. The molecule has 0 aromatic heterocycles. The third-order valence-corrected chi connectivity index (χ3v) is 4.15. The summed E-state index contributed by atoms with van der Waals surface area (Å²) in [6, 6.07) is 4.85. The Morgan fingerprint density at radius 1 is 1.05 bits per heavy atom. The summed E-state index contributed by atoms with van der Waals surface area (Å²) >= 11 is 0. The lowest BCUT2D eigenvalue weighted by Crippen LogP contribution is -2.16. The van der Waals surface area contributed by atoms with Crippen LogP contribution in [0.4, 0.5) is 24.5 Å². The first kappa shape index (κ1) is 15.2. The molecule has 0 fully saturated rings. The first-order chi connectivity index (χ1) is 9.72. The average Bonchev–Trinajstić information content (AvgIpc) is 2.42. The van der Waals surface area contributed by atoms with E-state index in [-0.39, 0.29) is 11.3 Å². The number of aryl methyl sites for hydroxylation is 1. The Balaban J connectivity index is 2.47. The second kappa shape index (κ2) is 5.28. The van der Waals surface area contributed by atoms with Crippen LogP contribution in [0.25, 0.3) is 0 Å². The van der Waals surface area contributed by atoms with E-state index in [2.05, 4.69) is 0 Å². The third-order valence-electron chi connectivity index (χ3n) is 2.80. The maximum atomic E-state index is 13.8. The number of nitrogens with two attached hydrogens (primary N) is 1. The van der Waals surface area contributed by atoms with Crippen molar-refractivity contribution in [2.24, 2.45) is 0 Å². The summed E-state index contributed by atoms with van der Waals surface area (Å²) in [5, 5.41) is 0. The molecule has 8 heteroatoms. The van der Waals surface area contributed by atoms with E-state index in [4.69, 9.17) is 5.73 Å². The Hall–Kier alpha value is -2.22. The van der Waals surface area contributed by atoms with Gasteiger partial charge in [-0.25, -0.2) is 21.6 Å². The Kier molecular flexibility index (Phi) is 3.82. The Morgan fingerprint density at radius 2 is 1.71 bits per heavy atom. The van der Waals surface area contributed by atoms with Crippen molar-refractivity contribution in [1.82, 2.24) is 0 Å². The molecule has 0 saturated heterocycles. The van der Waals surface area contributed by atoms with Crippen LogP contribution in [0.1, 0.15) is 5.56 Å². The smallest absolute Gasteiger partial charge is 0.262 e. The summed E-state index contributed by atoms with van der Waals surface area (Å²) < 4.78 is 66.5. The first-order valence-corrected chi connectivity index (χ1v) is 7.23. The molecule has 21 heavy (non-hydrogen) atoms. The molecule has 0 unspecified atom stereocenters. The van der Waals surface area contributed by atoms with Crippen LogP contribution in [-0.2, 0) is 10.0 Å². The van der Waals surface area contributed by atoms with Crippen molar-refractivity contribution in [2.75, 3.05) is 10.5 Å². The van der Waals surface area contributed by atoms with E-state index in [1.807, 2.05) is 0 Å². The highest BCUT2D eigenvalue weighted by Crippen LogP contribution is 2.25. The molecule has 2 rings (SSSR count). The zero-order valence-corrected chi connectivity index (χ0v) is 11.6. The molecule has 0 aliphatic carbocycles. The van der Waals surface area contributed by atoms with Crippen molar-refractivity contribution in [1.29, 1.82) is 0 Å². The fraction of sp³-hybridized carbons (Fsp3) is 0.0769. The number of anilines is 2. The fourth-order valence-electron chi connectivity index (χ4n) is 1.62. The molecule has 0 radical (unpaired) electrons. The molecule has 0 saturated carbocycles. The molecular formula is C13H11F3N2O2S. The van der Waals surface area contributed by atoms with E-state index in [0.717, 1.165) is 18.2 Å². The van der Waals surface area contributed by atoms with Crippen LogP contribution in [0.2, 0.25) is 0 Å². The summed E-state index contributed by atoms with van der Waals surface area (Å²) in [6.07, 6.45) is 0. The number of nitrogens with one attached hydrogen (secondary N) is 1. The topological polar surface area (TPSA) is 72.2 Å². The molecule has 0 amide bonds. The van der Waals surface area contributed by atoms with E-state index in [1.165, 1.54) is 13.0 Å². The van der Waals surface area contributed by atoms with Crippen LogP contribution in [0.15, 0.2) is 35.2 Å². The highest BCUT2D eigenvalue weighted by atomic mass is 32.2. The summed E-state index contributed by atoms with van der Waals surface area (Å²) in [5.74, 6) is -3.05. The molecule has 0 aliphatic rings. The van der Waals surface area contributed by atoms with Gasteiger partial charge in [-0.05, 0) is 36.8 Å². The van der Waals surface area contributed by atoms with Crippen LogP contribution in [0.5, 0.6) is 0 Å². The molecule has 0 bridgehead atoms. The van der Waals surface area contributed by atoms with Crippen molar-refractivity contribution in [3.05, 3.63) is 53.3 Å². The highest BCUT2D eigenvalue weighted by molar-refractivity contribution is 7.92. The van der Waals surface area contributed by atoms with Crippen molar-refractivity contribution < 1.29 is 21.6 Å². The van der Waals surface area contributed by atoms with E-state index in [1.54, 1.807) is 4.72 Å². The molecule has 0 aliphatic heterocycles. The maximum absolute atomic E-state index is 13.8. The molecule has 2 aromatic rings. The summed E-state index contributed by atoms with van der Waals surface area (Å²) in [7, 11) is -4.34. The molecule has 3 N–H and O–H groups in total. The molecule has 112 valence electrons.